The molecule has 48 heavy (non-hydrogen) atoms. The zero-order valence-electron chi connectivity index (χ0n) is 26.2. The minimum absolute atomic E-state index is 1.17. The predicted molar refractivity (Wildman–Crippen MR) is 203 cm³/mol. The Balaban J connectivity index is 1.12. The van der Waals surface area contributed by atoms with Crippen molar-refractivity contribution >= 4 is 54.4 Å². The van der Waals surface area contributed by atoms with Gasteiger partial charge in [-0.2, -0.15) is 0 Å². The average Bonchev–Trinajstić information content (AvgIpc) is 3.67. The van der Waals surface area contributed by atoms with E-state index in [9.17, 15) is 0 Å². The molecule has 0 aliphatic rings. The van der Waals surface area contributed by atoms with Crippen molar-refractivity contribution in [2.45, 2.75) is 0 Å². The molecule has 0 aliphatic heterocycles. The lowest BCUT2D eigenvalue weighted by molar-refractivity contribution is 1.18. The van der Waals surface area contributed by atoms with Gasteiger partial charge in [0.15, 0.2) is 0 Å². The lowest BCUT2D eigenvalue weighted by Gasteiger charge is -2.11. The summed E-state index contributed by atoms with van der Waals surface area (Å²) in [5.74, 6) is 0. The molecule has 10 aromatic rings. The minimum Gasteiger partial charge on any atom is -0.309 e. The van der Waals surface area contributed by atoms with Gasteiger partial charge in [0.2, 0.25) is 0 Å². The van der Waals surface area contributed by atoms with Gasteiger partial charge in [0.05, 0.1) is 22.1 Å². The molecule has 0 spiro atoms. The van der Waals surface area contributed by atoms with Crippen LogP contribution in [0.15, 0.2) is 182 Å². The van der Waals surface area contributed by atoms with Crippen molar-refractivity contribution in [2.75, 3.05) is 0 Å². The van der Waals surface area contributed by atoms with Crippen LogP contribution in [0.4, 0.5) is 0 Å². The molecule has 224 valence electrons. The van der Waals surface area contributed by atoms with E-state index in [0.29, 0.717) is 0 Å². The van der Waals surface area contributed by atoms with Gasteiger partial charge in [-0.25, -0.2) is 0 Å². The van der Waals surface area contributed by atoms with E-state index in [-0.39, 0.29) is 0 Å². The van der Waals surface area contributed by atoms with Gasteiger partial charge in [-0.3, -0.25) is 0 Å². The molecule has 0 fully saturated rings. The lowest BCUT2D eigenvalue weighted by Crippen LogP contribution is -1.94. The van der Waals surface area contributed by atoms with Crippen LogP contribution in [-0.2, 0) is 0 Å². The summed E-state index contributed by atoms with van der Waals surface area (Å²) in [6.07, 6.45) is 0. The highest BCUT2D eigenvalue weighted by atomic mass is 15.0. The van der Waals surface area contributed by atoms with E-state index >= 15 is 0 Å². The zero-order valence-corrected chi connectivity index (χ0v) is 26.2. The number of benzene rings is 8. The Labute approximate surface area is 278 Å². The summed E-state index contributed by atoms with van der Waals surface area (Å²) in [5, 5.41) is 7.55. The Morgan fingerprint density at radius 3 is 1.60 bits per heavy atom. The minimum atomic E-state index is 1.17. The first-order chi connectivity index (χ1) is 23.8. The van der Waals surface area contributed by atoms with Gasteiger partial charge in [-0.1, -0.05) is 121 Å². The maximum absolute atomic E-state index is 2.42. The quantitative estimate of drug-likeness (QED) is 0.188. The fraction of sp³-hybridized carbons (Fsp3) is 0. The molecule has 0 bridgehead atoms. The van der Waals surface area contributed by atoms with E-state index in [4.69, 9.17) is 0 Å². The van der Waals surface area contributed by atoms with Gasteiger partial charge >= 0.3 is 0 Å². The molecule has 0 saturated heterocycles. The van der Waals surface area contributed by atoms with Gasteiger partial charge in [0.1, 0.15) is 0 Å². The molecule has 10 rings (SSSR count). The maximum atomic E-state index is 2.42. The number of rotatable bonds is 4. The summed E-state index contributed by atoms with van der Waals surface area (Å²) in [7, 11) is 0. The van der Waals surface area contributed by atoms with Crippen molar-refractivity contribution in [1.29, 1.82) is 0 Å². The highest BCUT2D eigenvalue weighted by Crippen LogP contribution is 2.38. The standard InChI is InChI=1S/C46H30N2/c1-2-15-37(16-3-1)47-44-20-9-7-18-40(44)42-29-35(23-26-45(42)47)32-13-10-14-33(27-32)36-22-25-41-39-17-6-8-19-43(39)48(46(41)30-36)38-24-21-31-11-4-5-12-34(31)28-38/h1-30H. The van der Waals surface area contributed by atoms with Crippen molar-refractivity contribution < 1.29 is 0 Å². The molecule has 8 aromatic carbocycles. The Morgan fingerprint density at radius 2 is 0.812 bits per heavy atom. The summed E-state index contributed by atoms with van der Waals surface area (Å²) in [6, 6.07) is 66.3. The number of fused-ring (bicyclic) bond motifs is 7. The normalized spacial score (nSPS) is 11.8. The molecule has 2 heteroatoms. The monoisotopic (exact) mass is 610 g/mol. The zero-order chi connectivity index (χ0) is 31.6. The second kappa shape index (κ2) is 10.6. The number of aromatic nitrogens is 2. The highest BCUT2D eigenvalue weighted by Gasteiger charge is 2.15. The van der Waals surface area contributed by atoms with Crippen LogP contribution >= 0.6 is 0 Å². The maximum Gasteiger partial charge on any atom is 0.0547 e. The third-order valence-corrected chi connectivity index (χ3v) is 9.88. The number of nitrogens with zero attached hydrogens (tertiary/aromatic N) is 2. The largest absolute Gasteiger partial charge is 0.309 e. The van der Waals surface area contributed by atoms with Crippen molar-refractivity contribution in [2.24, 2.45) is 0 Å². The summed E-state index contributed by atoms with van der Waals surface area (Å²) in [4.78, 5) is 0. The van der Waals surface area contributed by atoms with Gasteiger partial charge in [-0.05, 0) is 93.7 Å². The smallest absolute Gasteiger partial charge is 0.0547 e. The van der Waals surface area contributed by atoms with E-state index in [0.717, 1.165) is 0 Å². The molecule has 0 N–H and O–H groups in total. The van der Waals surface area contributed by atoms with Crippen LogP contribution in [0.25, 0.3) is 88.0 Å². The molecule has 0 saturated carbocycles. The molecule has 2 aromatic heterocycles. The first-order valence-electron chi connectivity index (χ1n) is 16.5. The number of hydrogen-bond donors (Lipinski definition) is 0. The third-order valence-electron chi connectivity index (χ3n) is 9.88. The van der Waals surface area contributed by atoms with Crippen molar-refractivity contribution in [3.63, 3.8) is 0 Å². The summed E-state index contributed by atoms with van der Waals surface area (Å²) >= 11 is 0. The molecular weight excluding hydrogens is 581 g/mol. The second-order valence-electron chi connectivity index (χ2n) is 12.6. The fourth-order valence-electron chi connectivity index (χ4n) is 7.63. The molecule has 0 aliphatic carbocycles. The van der Waals surface area contributed by atoms with E-state index < -0.39 is 0 Å². The Kier molecular flexibility index (Phi) is 5.91. The first-order valence-corrected chi connectivity index (χ1v) is 16.5. The SMILES string of the molecule is c1ccc(-n2c3ccccc3c3cc(-c4cccc(-c5ccc6c7ccccc7n(-c7ccc8ccccc8c7)c6c5)c4)ccc32)cc1. The van der Waals surface area contributed by atoms with Crippen molar-refractivity contribution in [3.8, 4) is 33.6 Å². The van der Waals surface area contributed by atoms with Gasteiger partial charge in [-0.15, -0.1) is 0 Å². The molecule has 2 heterocycles. The predicted octanol–water partition coefficient (Wildman–Crippen LogP) is 12.4. The lowest BCUT2D eigenvalue weighted by atomic mass is 9.97. The summed E-state index contributed by atoms with van der Waals surface area (Å²) < 4.78 is 4.79. The topological polar surface area (TPSA) is 9.86 Å². The van der Waals surface area contributed by atoms with Crippen LogP contribution < -0.4 is 0 Å². The van der Waals surface area contributed by atoms with Gasteiger partial charge in [0.25, 0.3) is 0 Å². The van der Waals surface area contributed by atoms with E-state index in [1.807, 2.05) is 0 Å². The Bertz CT molecular complexity index is 2830. The Hall–Kier alpha value is -6.38. The van der Waals surface area contributed by atoms with Gasteiger partial charge < -0.3 is 9.13 Å². The number of para-hydroxylation sites is 3. The van der Waals surface area contributed by atoms with Crippen LogP contribution in [0.1, 0.15) is 0 Å². The van der Waals surface area contributed by atoms with Crippen molar-refractivity contribution in [1.82, 2.24) is 9.13 Å². The van der Waals surface area contributed by atoms with E-state index in [1.54, 1.807) is 0 Å². The fourth-order valence-corrected chi connectivity index (χ4v) is 7.63. The summed E-state index contributed by atoms with van der Waals surface area (Å²) in [6.45, 7) is 0. The molecular formula is C46H30N2. The molecule has 0 radical (unpaired) electrons. The third kappa shape index (κ3) is 4.13. The second-order valence-corrected chi connectivity index (χ2v) is 12.6. The van der Waals surface area contributed by atoms with Crippen LogP contribution in [-0.4, -0.2) is 9.13 Å². The van der Waals surface area contributed by atoms with Crippen LogP contribution in [0.2, 0.25) is 0 Å². The highest BCUT2D eigenvalue weighted by molar-refractivity contribution is 6.11. The van der Waals surface area contributed by atoms with Crippen LogP contribution in [0.5, 0.6) is 0 Å². The molecule has 0 amide bonds. The van der Waals surface area contributed by atoms with E-state index in [1.165, 1.54) is 88.0 Å². The Morgan fingerprint density at radius 1 is 0.250 bits per heavy atom. The van der Waals surface area contributed by atoms with Crippen LogP contribution in [0, 0.1) is 0 Å². The number of hydrogen-bond acceptors (Lipinski definition) is 0. The average molecular weight is 611 g/mol. The van der Waals surface area contributed by atoms with Crippen LogP contribution in [0.3, 0.4) is 0 Å². The van der Waals surface area contributed by atoms with Crippen molar-refractivity contribution in [3.05, 3.63) is 182 Å². The summed E-state index contributed by atoms with van der Waals surface area (Å²) in [5.41, 5.74) is 12.1. The van der Waals surface area contributed by atoms with E-state index in [2.05, 4.69) is 191 Å². The molecule has 2 nitrogen and oxygen atoms in total. The first kappa shape index (κ1) is 26.8. The van der Waals surface area contributed by atoms with Gasteiger partial charge in [0, 0.05) is 32.9 Å². The molecule has 0 unspecified atom stereocenters. The molecule has 0 atom stereocenters.